The molecule has 0 heterocycles. The number of carbonyl (C=O) groups is 2. The van der Waals surface area contributed by atoms with E-state index in [1.54, 1.807) is 0 Å². The van der Waals surface area contributed by atoms with Crippen LogP contribution in [-0.2, 0) is 20.5 Å². The normalized spacial score (nSPS) is 13.9. The van der Waals surface area contributed by atoms with Gasteiger partial charge in [0.2, 0.25) is 0 Å². The van der Waals surface area contributed by atoms with Gasteiger partial charge < -0.3 is 14.8 Å². The average molecular weight is 319 g/mol. The van der Waals surface area contributed by atoms with Crippen molar-refractivity contribution < 1.29 is 32.2 Å². The molecule has 8 heteroatoms. The molecule has 0 aliphatic rings. The molecule has 1 N–H and O–H groups in total. The van der Waals surface area contributed by atoms with Crippen LogP contribution in [0.1, 0.15) is 19.4 Å². The summed E-state index contributed by atoms with van der Waals surface area (Å²) >= 11 is 0. The summed E-state index contributed by atoms with van der Waals surface area (Å²) in [4.78, 5) is 23.0. The van der Waals surface area contributed by atoms with Crippen molar-refractivity contribution in [3.8, 4) is 5.75 Å². The Morgan fingerprint density at radius 3 is 2.32 bits per heavy atom. The van der Waals surface area contributed by atoms with Crippen LogP contribution in [-0.4, -0.2) is 31.1 Å². The molecule has 1 amide bonds. The lowest BCUT2D eigenvalue weighted by atomic mass is 10.2. The topological polar surface area (TPSA) is 64.6 Å². The van der Waals surface area contributed by atoms with Crippen molar-refractivity contribution >= 4 is 11.9 Å². The van der Waals surface area contributed by atoms with Crippen LogP contribution in [0, 0.1) is 0 Å². The van der Waals surface area contributed by atoms with E-state index in [0.29, 0.717) is 0 Å². The summed E-state index contributed by atoms with van der Waals surface area (Å²) in [6.45, 7) is 2.67. The first-order valence-corrected chi connectivity index (χ1v) is 6.38. The Morgan fingerprint density at radius 2 is 1.77 bits per heavy atom. The van der Waals surface area contributed by atoms with Crippen LogP contribution in [0.5, 0.6) is 5.75 Å². The van der Waals surface area contributed by atoms with Gasteiger partial charge in [-0.1, -0.05) is 12.1 Å². The van der Waals surface area contributed by atoms with Gasteiger partial charge in [0.15, 0.2) is 6.10 Å². The fraction of sp³-hybridized carbons (Fsp3) is 0.429. The van der Waals surface area contributed by atoms with Crippen LogP contribution < -0.4 is 10.1 Å². The molecule has 0 saturated heterocycles. The smallest absolute Gasteiger partial charge is 0.419 e. The number of halogens is 3. The number of nitrogens with one attached hydrogen (secondary N) is 1. The molecular formula is C14H16F3NO4. The number of alkyl halides is 3. The minimum atomic E-state index is -4.59. The standard InChI is InChI=1S/C14H16F3NO4/c1-8(13(20)21-3)18-12(19)9(2)22-11-7-5-4-6-10(11)14(15,16)17/h4-9H,1-3H3,(H,18,19)/t8-,9?/m0/s1. The monoisotopic (exact) mass is 319 g/mol. The molecule has 0 spiro atoms. The predicted molar refractivity (Wildman–Crippen MR) is 71.2 cm³/mol. The van der Waals surface area contributed by atoms with Crippen molar-refractivity contribution in [2.24, 2.45) is 0 Å². The first-order chi connectivity index (χ1) is 10.2. The maximum absolute atomic E-state index is 12.8. The highest BCUT2D eigenvalue weighted by molar-refractivity contribution is 5.86. The molecule has 0 aliphatic heterocycles. The van der Waals surface area contributed by atoms with Crippen molar-refractivity contribution in [2.45, 2.75) is 32.2 Å². The number of ether oxygens (including phenoxy) is 2. The molecule has 0 saturated carbocycles. The summed E-state index contributed by atoms with van der Waals surface area (Å²) in [5, 5.41) is 2.29. The van der Waals surface area contributed by atoms with Gasteiger partial charge in [0.05, 0.1) is 12.7 Å². The van der Waals surface area contributed by atoms with Gasteiger partial charge in [0, 0.05) is 0 Å². The van der Waals surface area contributed by atoms with Crippen LogP contribution in [0.3, 0.4) is 0 Å². The molecule has 0 fully saturated rings. The van der Waals surface area contributed by atoms with Crippen molar-refractivity contribution in [3.05, 3.63) is 29.8 Å². The van der Waals surface area contributed by atoms with Crippen LogP contribution in [0.15, 0.2) is 24.3 Å². The molecule has 0 aromatic heterocycles. The van der Waals surface area contributed by atoms with Crippen molar-refractivity contribution in [3.63, 3.8) is 0 Å². The zero-order chi connectivity index (χ0) is 16.9. The summed E-state index contributed by atoms with van der Waals surface area (Å²) in [6.07, 6.45) is -5.80. The number of esters is 1. The molecule has 1 aromatic carbocycles. The van der Waals surface area contributed by atoms with Gasteiger partial charge in [-0.25, -0.2) is 4.79 Å². The lowest BCUT2D eigenvalue weighted by molar-refractivity contribution is -0.145. The number of rotatable bonds is 5. The van der Waals surface area contributed by atoms with Gasteiger partial charge in [-0.15, -0.1) is 0 Å². The molecule has 1 rings (SSSR count). The number of benzene rings is 1. The zero-order valence-electron chi connectivity index (χ0n) is 12.2. The van der Waals surface area contributed by atoms with Crippen LogP contribution in [0.4, 0.5) is 13.2 Å². The summed E-state index contributed by atoms with van der Waals surface area (Å²) in [7, 11) is 1.16. The van der Waals surface area contributed by atoms with Gasteiger partial charge in [-0.3, -0.25) is 4.79 Å². The van der Waals surface area contributed by atoms with Crippen molar-refractivity contribution in [2.75, 3.05) is 7.11 Å². The maximum atomic E-state index is 12.8. The molecule has 122 valence electrons. The molecule has 0 radical (unpaired) electrons. The number of amides is 1. The van der Waals surface area contributed by atoms with Crippen molar-refractivity contribution in [1.29, 1.82) is 0 Å². The molecule has 1 aromatic rings. The number of carbonyl (C=O) groups excluding carboxylic acids is 2. The van der Waals surface area contributed by atoms with Gasteiger partial charge in [0.25, 0.3) is 5.91 Å². The summed E-state index contributed by atoms with van der Waals surface area (Å²) in [5.74, 6) is -1.85. The third-order valence-corrected chi connectivity index (χ3v) is 2.78. The maximum Gasteiger partial charge on any atom is 0.419 e. The van der Waals surface area contributed by atoms with E-state index in [1.165, 1.54) is 26.0 Å². The van der Waals surface area contributed by atoms with E-state index in [-0.39, 0.29) is 0 Å². The lowest BCUT2D eigenvalue weighted by Crippen LogP contribution is -2.45. The minimum absolute atomic E-state index is 0.455. The summed E-state index contributed by atoms with van der Waals surface area (Å²) in [6, 6.07) is 3.64. The van der Waals surface area contributed by atoms with Crippen LogP contribution in [0.2, 0.25) is 0 Å². The van der Waals surface area contributed by atoms with Crippen LogP contribution in [0.25, 0.3) is 0 Å². The first-order valence-electron chi connectivity index (χ1n) is 6.38. The summed E-state index contributed by atoms with van der Waals surface area (Å²) < 4.78 is 48.0. The molecule has 1 unspecified atom stereocenters. The van der Waals surface area contributed by atoms with Gasteiger partial charge >= 0.3 is 12.1 Å². The fourth-order valence-corrected chi connectivity index (χ4v) is 1.61. The Bertz CT molecular complexity index is 545. The van der Waals surface area contributed by atoms with E-state index in [4.69, 9.17) is 4.74 Å². The first kappa shape index (κ1) is 17.8. The lowest BCUT2D eigenvalue weighted by Gasteiger charge is -2.19. The van der Waals surface area contributed by atoms with Crippen LogP contribution >= 0.6 is 0 Å². The molecular weight excluding hydrogens is 303 g/mol. The third kappa shape index (κ3) is 4.64. The SMILES string of the molecule is COC(=O)[C@H](C)NC(=O)C(C)Oc1ccccc1C(F)(F)F. The Morgan fingerprint density at radius 1 is 1.18 bits per heavy atom. The number of methoxy groups -OCH3 is 1. The summed E-state index contributed by atoms with van der Waals surface area (Å²) in [5.41, 5.74) is -0.976. The average Bonchev–Trinajstić information content (AvgIpc) is 2.45. The molecule has 5 nitrogen and oxygen atoms in total. The van der Waals surface area contributed by atoms with Gasteiger partial charge in [-0.05, 0) is 26.0 Å². The quantitative estimate of drug-likeness (QED) is 0.845. The van der Waals surface area contributed by atoms with Gasteiger partial charge in [0.1, 0.15) is 11.8 Å². The number of hydrogen-bond acceptors (Lipinski definition) is 4. The highest BCUT2D eigenvalue weighted by Gasteiger charge is 2.35. The predicted octanol–water partition coefficient (Wildman–Crippen LogP) is 2.15. The van der Waals surface area contributed by atoms with E-state index >= 15 is 0 Å². The molecule has 0 bridgehead atoms. The van der Waals surface area contributed by atoms with E-state index in [9.17, 15) is 22.8 Å². The Hall–Kier alpha value is -2.25. The van der Waals surface area contributed by atoms with E-state index < -0.39 is 41.5 Å². The zero-order valence-corrected chi connectivity index (χ0v) is 12.2. The fourth-order valence-electron chi connectivity index (χ4n) is 1.61. The highest BCUT2D eigenvalue weighted by atomic mass is 19.4. The number of hydrogen-bond donors (Lipinski definition) is 1. The van der Waals surface area contributed by atoms with Gasteiger partial charge in [-0.2, -0.15) is 13.2 Å². The molecule has 2 atom stereocenters. The highest BCUT2D eigenvalue weighted by Crippen LogP contribution is 2.36. The van der Waals surface area contributed by atoms with E-state index in [1.807, 2.05) is 0 Å². The van der Waals surface area contributed by atoms with E-state index in [2.05, 4.69) is 10.1 Å². The second-order valence-corrected chi connectivity index (χ2v) is 4.51. The Labute approximate surface area is 125 Å². The second-order valence-electron chi connectivity index (χ2n) is 4.51. The molecule has 0 aliphatic carbocycles. The van der Waals surface area contributed by atoms with E-state index in [0.717, 1.165) is 19.2 Å². The number of para-hydroxylation sites is 1. The second kappa shape index (κ2) is 7.15. The van der Waals surface area contributed by atoms with Crippen molar-refractivity contribution in [1.82, 2.24) is 5.32 Å². The largest absolute Gasteiger partial charge is 0.480 e. The molecule has 22 heavy (non-hydrogen) atoms. The Balaban J connectivity index is 2.79. The minimum Gasteiger partial charge on any atom is -0.480 e. The Kier molecular flexibility index (Phi) is 5.78. The third-order valence-electron chi connectivity index (χ3n) is 2.78.